The standard InChI is InChI=1S/4C18H15ClN2O6S2/c4*1-9-5-13-14(26-8-25-13)7-11(9)6-12(22)17-15(3-4-28-17)29(23,24)21-18-16(19)10(2)20-27-18/h4*3-5,7,21H,6,8H2,1-2H3/i5D,6D2,7D,8D2;5D,6D2,7D,8D;5D,6D2,7D;1D3,6D2,8D2. The first-order valence-electron chi connectivity index (χ1n) is 42.7. The van der Waals surface area contributed by atoms with Crippen molar-refractivity contribution in [2.45, 2.75) is 100 Å². The Bertz CT molecular complexity index is 7560. The fourth-order valence-electron chi connectivity index (χ4n) is 9.64. The zero-order chi connectivity index (χ0) is 102. The first-order valence-corrected chi connectivity index (χ1v) is 42.6. The van der Waals surface area contributed by atoms with Gasteiger partial charge in [-0.05, 0) is 194 Å². The minimum Gasteiger partial charge on any atom is -0.454 e. The largest absolute Gasteiger partial charge is 0.454 e. The highest BCUT2D eigenvalue weighted by Gasteiger charge is 2.34. The summed E-state index contributed by atoms with van der Waals surface area (Å²) in [4.78, 5) is 49.3. The van der Waals surface area contributed by atoms with Crippen LogP contribution in [0.4, 0.5) is 23.5 Å². The van der Waals surface area contributed by atoms with Crippen LogP contribution in [0.1, 0.15) is 136 Å². The Morgan fingerprint density at radius 3 is 0.974 bits per heavy atom. The molecule has 0 aliphatic carbocycles. The van der Waals surface area contributed by atoms with Crippen LogP contribution in [0.15, 0.2) is 132 Å². The van der Waals surface area contributed by atoms with Crippen molar-refractivity contribution in [1.29, 1.82) is 0 Å². The van der Waals surface area contributed by atoms with Gasteiger partial charge in [0.25, 0.3) is 63.6 Å². The molecular weight excluding hydrogens is 1760 g/mol. The third-order valence-corrected chi connectivity index (χ3v) is 26.8. The molecule has 0 spiro atoms. The number of aryl methyl sites for hydroxylation is 5. The number of aromatic nitrogens is 4. The number of nitrogens with zero attached hydrogens (tertiary/aromatic N) is 4. The molecule has 4 aliphatic rings. The molecule has 1 atom stereocenters. The molecule has 16 rings (SSSR count). The van der Waals surface area contributed by atoms with Gasteiger partial charge >= 0.3 is 0 Å². The number of hydrogen-bond acceptors (Lipinski definition) is 32. The van der Waals surface area contributed by atoms with Gasteiger partial charge in [0, 0.05) is 40.6 Å². The molecule has 12 heterocycles. The summed E-state index contributed by atoms with van der Waals surface area (Å²) in [6, 6.07) is 3.38. The van der Waals surface area contributed by atoms with Gasteiger partial charge in [-0.15, -0.1) is 45.3 Å². The second kappa shape index (κ2) is 34.1. The summed E-state index contributed by atoms with van der Waals surface area (Å²) in [7, 11) is -17.8. The third kappa shape index (κ3) is 18.1. The van der Waals surface area contributed by atoms with Crippen molar-refractivity contribution in [2.75, 3.05) is 45.9 Å². The van der Waals surface area contributed by atoms with Crippen LogP contribution in [-0.2, 0) is 65.6 Å². The Balaban J connectivity index is 0.000000155. The van der Waals surface area contributed by atoms with Gasteiger partial charge < -0.3 is 56.0 Å². The molecule has 0 fully saturated rings. The lowest BCUT2D eigenvalue weighted by molar-refractivity contribution is 0.0985. The van der Waals surface area contributed by atoms with Crippen molar-refractivity contribution >= 4 is 179 Å². The number of rotatable bonds is 24. The van der Waals surface area contributed by atoms with Gasteiger partial charge in [0.15, 0.2) is 69.1 Å². The Morgan fingerprint density at radius 1 is 0.397 bits per heavy atom. The average molecular weight is 1840 g/mol. The number of ether oxygens (including phenoxy) is 8. The number of nitrogens with one attached hydrogen (secondary N) is 4. The molecule has 0 radical (unpaired) electrons. The number of hydrogen-bond donors (Lipinski definition) is 4. The highest BCUT2D eigenvalue weighted by molar-refractivity contribution is 7.94. The molecule has 4 aliphatic heterocycles. The molecule has 608 valence electrons. The van der Waals surface area contributed by atoms with Crippen LogP contribution in [0.5, 0.6) is 46.0 Å². The van der Waals surface area contributed by atoms with Crippen molar-refractivity contribution in [2.24, 2.45) is 0 Å². The van der Waals surface area contributed by atoms with Crippen molar-refractivity contribution < 1.29 is 139 Å². The fraction of sp³-hybridized carbons (Fsp3) is 0.222. The van der Waals surface area contributed by atoms with Gasteiger partial charge in [-0.1, -0.05) is 67.0 Å². The number of ketones is 4. The maximum Gasteiger partial charge on any atom is 0.265 e. The highest BCUT2D eigenvalue weighted by atomic mass is 35.5. The lowest BCUT2D eigenvalue weighted by Crippen LogP contribution is -2.16. The Morgan fingerprint density at radius 2 is 0.664 bits per heavy atom. The number of carbonyl (C=O) groups is 4. The molecule has 1 unspecified atom stereocenters. The molecule has 0 bridgehead atoms. The summed E-state index contributed by atoms with van der Waals surface area (Å²) in [5, 5.41) is 18.9. The smallest absolute Gasteiger partial charge is 0.265 e. The quantitative estimate of drug-likeness (QED) is 0.0408. The van der Waals surface area contributed by atoms with Crippen molar-refractivity contribution in [3.63, 3.8) is 0 Å². The van der Waals surface area contributed by atoms with E-state index in [0.717, 1.165) is 36.4 Å². The lowest BCUT2D eigenvalue weighted by atomic mass is 10.0. The molecular formula is C72H60Cl4N8O24S8. The van der Waals surface area contributed by atoms with E-state index < -0.39 is 224 Å². The number of Topliss-reactive ketones (excluding diaryl/α,β-unsaturated/α-hetero) is 4. The predicted octanol–water partition coefficient (Wildman–Crippen LogP) is 15.8. The van der Waals surface area contributed by atoms with E-state index in [1.807, 2.05) is 4.72 Å². The number of halogens is 4. The van der Waals surface area contributed by atoms with Crippen LogP contribution in [0.3, 0.4) is 0 Å². The van der Waals surface area contributed by atoms with Gasteiger partial charge in [0.2, 0.25) is 27.1 Å². The first-order chi connectivity index (χ1) is 63.7. The summed E-state index contributed by atoms with van der Waals surface area (Å²) in [5.74, 6) is -8.84. The van der Waals surface area contributed by atoms with Crippen LogP contribution in [0.2, 0.25) is 20.1 Å². The van der Waals surface area contributed by atoms with Gasteiger partial charge in [-0.3, -0.25) is 19.2 Å². The van der Waals surface area contributed by atoms with Gasteiger partial charge in [-0.2, -0.15) is 0 Å². The minimum atomic E-state index is -4.51. The first kappa shape index (κ1) is 59.4. The fourth-order valence-corrected chi connectivity index (χ4v) is 19.6. The van der Waals surface area contributed by atoms with E-state index in [-0.39, 0.29) is 131 Å². The summed E-state index contributed by atoms with van der Waals surface area (Å²) in [6.45, 7) is -0.120. The van der Waals surface area contributed by atoms with Crippen LogP contribution < -0.4 is 56.8 Å². The molecule has 0 amide bonds. The molecule has 32 nitrogen and oxygen atoms in total. The second-order valence-electron chi connectivity index (χ2n) is 23.2. The van der Waals surface area contributed by atoms with E-state index in [0.29, 0.717) is 45.3 Å². The zero-order valence-corrected chi connectivity index (χ0v) is 68.5. The number of carbonyl (C=O) groups excluding carboxylic acids is 4. The topological polar surface area (TPSA) is 431 Å². The van der Waals surface area contributed by atoms with E-state index >= 15 is 0 Å². The average Bonchev–Trinajstić information content (AvgIpc) is 1.55. The van der Waals surface area contributed by atoms with Crippen LogP contribution in [-0.4, -0.2) is 104 Å². The summed E-state index contributed by atoms with van der Waals surface area (Å²) in [5.41, 5.74) is -2.10. The second-order valence-corrected chi connectivity index (χ2v) is 35.0. The maximum atomic E-state index is 13.4. The Kier molecular flexibility index (Phi) is 17.5. The van der Waals surface area contributed by atoms with Gasteiger partial charge in [0.05, 0.1) is 27.7 Å². The molecule has 116 heavy (non-hydrogen) atoms. The van der Waals surface area contributed by atoms with E-state index in [1.54, 1.807) is 0 Å². The SMILES string of the molecule is [2H]C1([2H])Oc2cc(C([2H])([2H])[2H])c(C([2H])([2H])C(=O)c3sccc3S(=O)(=O)Nc3onc(C)c3Cl)cc2O1.[2H]c1c(C)c(C([2H])([2H])C(=O)c2sccc2S(=O)(=O)Nc2onc(C)c2Cl)c([2H])c2c1OC([2H])([2H])O2.[2H]c1c(C)c(C([2H])([2H])C(=O)c2sccc2S(=O)(=O)Nc2onc(C)c2Cl)c([2H])c2c1OC([2H])O2.[2H]c1c(C)c(C([2H])([2H])C(=O)c2sccc2S(=O)(=O)Nc2onc(C)c2Cl)c([2H])c2c1OCO2. The number of benzene rings is 4. The molecule has 4 aromatic carbocycles. The molecule has 0 saturated heterocycles. The van der Waals surface area contributed by atoms with Crippen molar-refractivity contribution in [3.8, 4) is 46.0 Å². The van der Waals surface area contributed by atoms with E-state index in [1.165, 1.54) is 70.0 Å². The summed E-state index contributed by atoms with van der Waals surface area (Å²) >= 11 is 26.5. The van der Waals surface area contributed by atoms with Gasteiger partial charge in [0.1, 0.15) is 69.3 Å². The predicted molar refractivity (Wildman–Crippen MR) is 427 cm³/mol. The van der Waals surface area contributed by atoms with Crippen molar-refractivity contribution in [3.05, 3.63) is 201 Å². The van der Waals surface area contributed by atoms with Crippen LogP contribution >= 0.6 is 91.8 Å². The van der Waals surface area contributed by atoms with Crippen molar-refractivity contribution in [1.82, 2.24) is 20.6 Å². The lowest BCUT2D eigenvalue weighted by Gasteiger charge is -2.09. The maximum absolute atomic E-state index is 13.4. The normalized spacial score (nSPS) is 17.8. The number of fused-ring (bicyclic) bond motifs is 4. The molecule has 12 aromatic rings. The van der Waals surface area contributed by atoms with Crippen LogP contribution in [0.25, 0.3) is 0 Å². The number of sulfonamides is 4. The molecule has 4 N–H and O–H groups in total. The summed E-state index contributed by atoms with van der Waals surface area (Å²) in [6.07, 6.45) is -11.9. The van der Waals surface area contributed by atoms with E-state index in [9.17, 15) is 52.8 Å². The Hall–Kier alpha value is -10.2. The number of anilines is 4. The summed E-state index contributed by atoms with van der Waals surface area (Å²) < 4.78 is 350. The highest BCUT2D eigenvalue weighted by Crippen LogP contribution is 2.42. The molecule has 44 heteroatoms. The van der Waals surface area contributed by atoms with Crippen LogP contribution in [0, 0.1) is 55.3 Å². The number of thiophene rings is 4. The Labute approximate surface area is 727 Å². The molecule has 8 aromatic heterocycles. The molecule has 0 saturated carbocycles. The monoisotopic (exact) mass is 1840 g/mol. The zero-order valence-electron chi connectivity index (χ0n) is 80.9. The van der Waals surface area contributed by atoms with E-state index in [2.05, 4.69) is 34.8 Å². The van der Waals surface area contributed by atoms with E-state index in [4.69, 9.17) is 133 Å². The minimum absolute atomic E-state index is 0.00519. The third-order valence-electron chi connectivity index (χ3n) is 15.3. The van der Waals surface area contributed by atoms with Gasteiger partial charge in [-0.25, -0.2) is 52.6 Å².